The number of halogens is 2. The highest BCUT2D eigenvalue weighted by Crippen LogP contribution is 2.33. The normalized spacial score (nSPS) is 13.0. The van der Waals surface area contributed by atoms with Crippen molar-refractivity contribution in [1.82, 2.24) is 0 Å². The van der Waals surface area contributed by atoms with Gasteiger partial charge in [0.05, 0.1) is 0 Å². The van der Waals surface area contributed by atoms with Crippen molar-refractivity contribution in [2.75, 3.05) is 0 Å². The Morgan fingerprint density at radius 2 is 1.73 bits per heavy atom. The molecule has 0 amide bonds. The molecule has 0 bridgehead atoms. The Kier molecular flexibility index (Phi) is 3.27. The molecule has 0 aromatic heterocycles. The van der Waals surface area contributed by atoms with Crippen LogP contribution in [0.25, 0.3) is 0 Å². The number of hydrogen-bond acceptors (Lipinski definition) is 1. The predicted octanol–water partition coefficient (Wildman–Crippen LogP) is 3.85. The minimum absolute atomic E-state index is 0.401. The maximum Gasteiger partial charge on any atom is 0.131 e. The smallest absolute Gasteiger partial charge is 0.131 e. The quantitative estimate of drug-likeness (QED) is 0.871. The molecular formula is C12H17BrFN. The first-order chi connectivity index (χ1) is 6.62. The van der Waals surface area contributed by atoms with Gasteiger partial charge in [-0.3, -0.25) is 0 Å². The third-order valence-electron chi connectivity index (χ3n) is 2.35. The molecule has 0 saturated heterocycles. The second-order valence-electron chi connectivity index (χ2n) is 4.89. The Morgan fingerprint density at radius 3 is 2.07 bits per heavy atom. The zero-order valence-corrected chi connectivity index (χ0v) is 11.2. The van der Waals surface area contributed by atoms with E-state index in [0.29, 0.717) is 5.56 Å². The van der Waals surface area contributed by atoms with E-state index in [0.717, 1.165) is 10.0 Å². The number of nitrogens with two attached hydrogens (primary N) is 1. The predicted molar refractivity (Wildman–Crippen MR) is 65.5 cm³/mol. The summed E-state index contributed by atoms with van der Waals surface area (Å²) >= 11 is 3.38. The molecule has 0 unspecified atom stereocenters. The van der Waals surface area contributed by atoms with Crippen LogP contribution < -0.4 is 5.73 Å². The lowest BCUT2D eigenvalue weighted by atomic mass is 9.92. The van der Waals surface area contributed by atoms with Gasteiger partial charge in [0.2, 0.25) is 0 Å². The van der Waals surface area contributed by atoms with Crippen molar-refractivity contribution in [3.63, 3.8) is 0 Å². The zero-order valence-electron chi connectivity index (χ0n) is 9.57. The Hall–Kier alpha value is -0.410. The molecule has 1 aromatic carbocycles. The molecule has 2 N–H and O–H groups in total. The van der Waals surface area contributed by atoms with Crippen LogP contribution in [0, 0.1) is 0 Å². The van der Waals surface area contributed by atoms with E-state index in [1.807, 2.05) is 26.0 Å². The third kappa shape index (κ3) is 3.02. The third-order valence-corrected chi connectivity index (χ3v) is 3.01. The van der Waals surface area contributed by atoms with E-state index in [9.17, 15) is 4.39 Å². The summed E-state index contributed by atoms with van der Waals surface area (Å²) in [4.78, 5) is 0. The highest BCUT2D eigenvalue weighted by Gasteiger charge is 2.23. The summed E-state index contributed by atoms with van der Waals surface area (Å²) in [6.07, 6.45) is 0. The molecule has 0 atom stereocenters. The van der Waals surface area contributed by atoms with Crippen molar-refractivity contribution in [1.29, 1.82) is 0 Å². The number of rotatable bonds is 2. The van der Waals surface area contributed by atoms with Gasteiger partial charge in [-0.2, -0.15) is 0 Å². The summed E-state index contributed by atoms with van der Waals surface area (Å²) in [6, 6.07) is 5.55. The summed E-state index contributed by atoms with van der Waals surface area (Å²) in [5.41, 5.74) is 5.87. The van der Waals surface area contributed by atoms with Crippen LogP contribution in [-0.4, -0.2) is 0 Å². The summed E-state index contributed by atoms with van der Waals surface area (Å²) in [5, 5.41) is 0. The van der Waals surface area contributed by atoms with Gasteiger partial charge >= 0.3 is 0 Å². The standard InChI is InChI=1S/C12H17BrFN/c1-11(2,14)9-6-5-8(7-10(9)13)12(3,4)15/h5-7H,15H2,1-4H3. The van der Waals surface area contributed by atoms with Gasteiger partial charge < -0.3 is 5.73 Å². The average molecular weight is 274 g/mol. The molecule has 0 fully saturated rings. The van der Waals surface area contributed by atoms with Gasteiger partial charge in [0.1, 0.15) is 5.67 Å². The molecule has 0 spiro atoms. The van der Waals surface area contributed by atoms with Gasteiger partial charge in [0.25, 0.3) is 0 Å². The molecule has 0 aliphatic carbocycles. The lowest BCUT2D eigenvalue weighted by molar-refractivity contribution is 0.220. The second-order valence-corrected chi connectivity index (χ2v) is 5.74. The minimum atomic E-state index is -1.34. The van der Waals surface area contributed by atoms with Crippen LogP contribution in [-0.2, 0) is 11.2 Å². The van der Waals surface area contributed by atoms with Crippen molar-refractivity contribution in [3.05, 3.63) is 33.8 Å². The fourth-order valence-electron chi connectivity index (χ4n) is 1.40. The van der Waals surface area contributed by atoms with Gasteiger partial charge in [-0.15, -0.1) is 0 Å². The maximum absolute atomic E-state index is 13.7. The molecule has 15 heavy (non-hydrogen) atoms. The molecule has 3 heteroatoms. The molecule has 0 aliphatic rings. The minimum Gasteiger partial charge on any atom is -0.322 e. The van der Waals surface area contributed by atoms with E-state index in [1.54, 1.807) is 19.9 Å². The van der Waals surface area contributed by atoms with Crippen molar-refractivity contribution in [3.8, 4) is 0 Å². The van der Waals surface area contributed by atoms with Crippen LogP contribution in [0.5, 0.6) is 0 Å². The van der Waals surface area contributed by atoms with Crippen molar-refractivity contribution in [2.24, 2.45) is 5.73 Å². The van der Waals surface area contributed by atoms with Gasteiger partial charge in [-0.1, -0.05) is 28.1 Å². The van der Waals surface area contributed by atoms with Crippen LogP contribution >= 0.6 is 15.9 Å². The lowest BCUT2D eigenvalue weighted by Crippen LogP contribution is -2.28. The van der Waals surface area contributed by atoms with Crippen molar-refractivity contribution >= 4 is 15.9 Å². The Bertz CT molecular complexity index is 361. The van der Waals surface area contributed by atoms with Crippen LogP contribution in [0.4, 0.5) is 4.39 Å². The molecular weight excluding hydrogens is 257 g/mol. The second kappa shape index (κ2) is 3.87. The van der Waals surface area contributed by atoms with Gasteiger partial charge in [-0.05, 0) is 39.3 Å². The van der Waals surface area contributed by atoms with E-state index in [2.05, 4.69) is 15.9 Å². The molecule has 84 valence electrons. The Morgan fingerprint density at radius 1 is 1.20 bits per heavy atom. The maximum atomic E-state index is 13.7. The molecule has 0 heterocycles. The highest BCUT2D eigenvalue weighted by atomic mass is 79.9. The lowest BCUT2D eigenvalue weighted by Gasteiger charge is -2.22. The summed E-state index contributed by atoms with van der Waals surface area (Å²) in [7, 11) is 0. The fourth-order valence-corrected chi connectivity index (χ4v) is 2.25. The summed E-state index contributed by atoms with van der Waals surface area (Å²) in [6.45, 7) is 6.94. The topological polar surface area (TPSA) is 26.0 Å². The monoisotopic (exact) mass is 273 g/mol. The van der Waals surface area contributed by atoms with E-state index >= 15 is 0 Å². The molecule has 0 saturated carbocycles. The first-order valence-corrected chi connectivity index (χ1v) is 5.70. The van der Waals surface area contributed by atoms with Gasteiger partial charge in [0.15, 0.2) is 0 Å². The highest BCUT2D eigenvalue weighted by molar-refractivity contribution is 9.10. The Balaban J connectivity index is 3.21. The molecule has 1 rings (SSSR count). The van der Waals surface area contributed by atoms with E-state index in [-0.39, 0.29) is 0 Å². The van der Waals surface area contributed by atoms with E-state index < -0.39 is 11.2 Å². The molecule has 0 radical (unpaired) electrons. The number of alkyl halides is 1. The largest absolute Gasteiger partial charge is 0.322 e. The first kappa shape index (κ1) is 12.7. The van der Waals surface area contributed by atoms with Crippen LogP contribution in [0.2, 0.25) is 0 Å². The number of hydrogen-bond donors (Lipinski definition) is 1. The summed E-state index contributed by atoms with van der Waals surface area (Å²) < 4.78 is 14.5. The fraction of sp³-hybridized carbons (Fsp3) is 0.500. The first-order valence-electron chi connectivity index (χ1n) is 4.90. The van der Waals surface area contributed by atoms with Crippen LogP contribution in [0.1, 0.15) is 38.8 Å². The SMILES string of the molecule is CC(C)(N)c1ccc(C(C)(C)F)c(Br)c1. The zero-order chi connectivity index (χ0) is 11.9. The van der Waals surface area contributed by atoms with Gasteiger partial charge in [0, 0.05) is 15.6 Å². The summed E-state index contributed by atoms with van der Waals surface area (Å²) in [5.74, 6) is 0. The van der Waals surface area contributed by atoms with E-state index in [1.165, 1.54) is 0 Å². The molecule has 0 aliphatic heterocycles. The average Bonchev–Trinajstić information content (AvgIpc) is 1.99. The molecule has 1 aromatic rings. The molecule has 1 nitrogen and oxygen atoms in total. The van der Waals surface area contributed by atoms with Crippen molar-refractivity contribution in [2.45, 2.75) is 38.9 Å². The Labute approximate surface area is 99.0 Å². The van der Waals surface area contributed by atoms with Crippen LogP contribution in [0.15, 0.2) is 22.7 Å². The van der Waals surface area contributed by atoms with Gasteiger partial charge in [-0.25, -0.2) is 4.39 Å². The van der Waals surface area contributed by atoms with E-state index in [4.69, 9.17) is 5.73 Å². The number of benzene rings is 1. The van der Waals surface area contributed by atoms with Crippen molar-refractivity contribution < 1.29 is 4.39 Å². The van der Waals surface area contributed by atoms with Crippen LogP contribution in [0.3, 0.4) is 0 Å².